The Kier molecular flexibility index (Phi) is 4.59. The second kappa shape index (κ2) is 6.26. The molecule has 3 nitrogen and oxygen atoms in total. The lowest BCUT2D eigenvalue weighted by atomic mass is 10.1. The summed E-state index contributed by atoms with van der Waals surface area (Å²) in [6, 6.07) is 5.80. The van der Waals surface area contributed by atoms with Crippen LogP contribution in [0.4, 0.5) is 15.8 Å². The molecule has 0 amide bonds. The van der Waals surface area contributed by atoms with E-state index < -0.39 is 0 Å². The Morgan fingerprint density at radius 3 is 2.50 bits per heavy atom. The first-order chi connectivity index (χ1) is 10.3. The second-order valence-corrected chi connectivity index (χ2v) is 5.97. The number of rotatable bonds is 4. The van der Waals surface area contributed by atoms with Crippen molar-refractivity contribution in [2.75, 3.05) is 10.6 Å². The van der Waals surface area contributed by atoms with Crippen LogP contribution in [0.1, 0.15) is 26.3 Å². The monoisotopic (exact) mass is 301 g/mol. The molecule has 4 heteroatoms. The van der Waals surface area contributed by atoms with Crippen LogP contribution in [0.15, 0.2) is 24.4 Å². The molecule has 2 rings (SSSR count). The number of hydrogen-bond acceptors (Lipinski definition) is 2. The van der Waals surface area contributed by atoms with Crippen LogP contribution >= 0.6 is 0 Å². The quantitative estimate of drug-likeness (QED) is 0.909. The Hall–Kier alpha value is -2.23. The zero-order valence-corrected chi connectivity index (χ0v) is 13.9. The van der Waals surface area contributed by atoms with Gasteiger partial charge in [-0.1, -0.05) is 12.6 Å². The molecule has 1 heterocycles. The number of benzene rings is 1. The van der Waals surface area contributed by atoms with Crippen LogP contribution in [0.25, 0.3) is 12.3 Å². The molecule has 1 aromatic heterocycles. The van der Waals surface area contributed by atoms with Crippen molar-refractivity contribution in [3.05, 3.63) is 46.3 Å². The number of hydrogen-bond donors (Lipinski definition) is 2. The van der Waals surface area contributed by atoms with Crippen molar-refractivity contribution in [2.24, 2.45) is 7.05 Å². The van der Waals surface area contributed by atoms with E-state index >= 15 is 0 Å². The van der Waals surface area contributed by atoms with Crippen molar-refractivity contribution in [1.82, 2.24) is 4.57 Å². The first-order valence-corrected chi connectivity index (χ1v) is 7.45. The molecule has 2 N–H and O–H groups in total. The molecule has 2 aromatic rings. The van der Waals surface area contributed by atoms with E-state index in [9.17, 15) is 4.39 Å². The highest BCUT2D eigenvalue weighted by Gasteiger charge is 2.13. The van der Waals surface area contributed by atoms with Crippen LogP contribution in [0, 0.1) is 12.7 Å². The van der Waals surface area contributed by atoms with Crippen LogP contribution < -0.4 is 21.2 Å². The lowest BCUT2D eigenvalue weighted by Crippen LogP contribution is -2.30. The fourth-order valence-corrected chi connectivity index (χ4v) is 2.56. The highest BCUT2D eigenvalue weighted by atomic mass is 19.1. The van der Waals surface area contributed by atoms with Gasteiger partial charge in [-0.3, -0.25) is 0 Å². The lowest BCUT2D eigenvalue weighted by Gasteiger charge is -2.18. The van der Waals surface area contributed by atoms with E-state index in [-0.39, 0.29) is 11.9 Å². The first-order valence-electron chi connectivity index (χ1n) is 7.45. The maximum atomic E-state index is 14.4. The van der Waals surface area contributed by atoms with Crippen molar-refractivity contribution >= 4 is 23.7 Å². The zero-order chi connectivity index (χ0) is 16.4. The van der Waals surface area contributed by atoms with Gasteiger partial charge in [-0.05, 0) is 50.6 Å². The molecular weight excluding hydrogens is 277 g/mol. The average molecular weight is 301 g/mol. The molecule has 0 aliphatic heterocycles. The lowest BCUT2D eigenvalue weighted by molar-refractivity contribution is 0.619. The highest BCUT2D eigenvalue weighted by molar-refractivity contribution is 5.77. The molecule has 0 saturated heterocycles. The van der Waals surface area contributed by atoms with Gasteiger partial charge >= 0.3 is 0 Å². The Labute approximate surface area is 131 Å². The molecule has 0 radical (unpaired) electrons. The van der Waals surface area contributed by atoms with E-state index in [1.165, 1.54) is 0 Å². The van der Waals surface area contributed by atoms with Crippen LogP contribution in [-0.2, 0) is 7.05 Å². The third kappa shape index (κ3) is 3.16. The largest absolute Gasteiger partial charge is 0.379 e. The van der Waals surface area contributed by atoms with Crippen molar-refractivity contribution in [3.8, 4) is 0 Å². The number of anilines is 2. The highest BCUT2D eigenvalue weighted by Crippen LogP contribution is 2.29. The van der Waals surface area contributed by atoms with Gasteiger partial charge in [0.2, 0.25) is 0 Å². The molecule has 0 atom stereocenters. The number of aromatic nitrogens is 1. The molecule has 0 saturated carbocycles. The Bertz CT molecular complexity index is 787. The molecule has 0 bridgehead atoms. The van der Waals surface area contributed by atoms with E-state index in [1.54, 1.807) is 13.0 Å². The third-order valence-corrected chi connectivity index (χ3v) is 3.60. The Balaban J connectivity index is 2.53. The predicted molar refractivity (Wildman–Crippen MR) is 92.8 cm³/mol. The van der Waals surface area contributed by atoms with Crippen LogP contribution in [0.3, 0.4) is 0 Å². The van der Waals surface area contributed by atoms with Gasteiger partial charge in [-0.15, -0.1) is 0 Å². The average Bonchev–Trinajstić information content (AvgIpc) is 2.77. The van der Waals surface area contributed by atoms with E-state index in [0.717, 1.165) is 22.0 Å². The zero-order valence-electron chi connectivity index (χ0n) is 13.9. The molecule has 0 aliphatic carbocycles. The molecule has 0 unspecified atom stereocenters. The van der Waals surface area contributed by atoms with Gasteiger partial charge in [0.1, 0.15) is 0 Å². The number of aryl methyl sites for hydroxylation is 2. The first kappa shape index (κ1) is 16.1. The smallest absolute Gasteiger partial charge is 0.151 e. The maximum absolute atomic E-state index is 14.4. The van der Waals surface area contributed by atoms with Gasteiger partial charge in [-0.25, -0.2) is 4.39 Å². The summed E-state index contributed by atoms with van der Waals surface area (Å²) in [7, 11) is 1.97. The van der Waals surface area contributed by atoms with E-state index in [1.807, 2.05) is 50.7 Å². The van der Waals surface area contributed by atoms with Gasteiger partial charge < -0.3 is 15.2 Å². The van der Waals surface area contributed by atoms with Gasteiger partial charge in [0, 0.05) is 25.0 Å². The summed E-state index contributed by atoms with van der Waals surface area (Å²) in [4.78, 5) is 0. The number of halogens is 1. The fraction of sp³-hybridized carbons (Fsp3) is 0.333. The normalized spacial score (nSPS) is 12.5. The molecule has 1 aromatic carbocycles. The van der Waals surface area contributed by atoms with Gasteiger partial charge in [0.15, 0.2) is 5.82 Å². The van der Waals surface area contributed by atoms with Crippen molar-refractivity contribution in [2.45, 2.75) is 33.7 Å². The SMILES string of the molecule is C=c1ccn(C)/c1=C(/C)Nc1ccc(C)c(F)c1NC(C)C. The van der Waals surface area contributed by atoms with Gasteiger partial charge in [0.25, 0.3) is 0 Å². The van der Waals surface area contributed by atoms with Crippen LogP contribution in [0.2, 0.25) is 0 Å². The Morgan fingerprint density at radius 2 is 1.95 bits per heavy atom. The molecular formula is C18H24FN3. The van der Waals surface area contributed by atoms with Gasteiger partial charge in [-0.2, -0.15) is 0 Å². The van der Waals surface area contributed by atoms with Crippen molar-refractivity contribution in [3.63, 3.8) is 0 Å². The Morgan fingerprint density at radius 1 is 1.27 bits per heavy atom. The number of nitrogens with zero attached hydrogens (tertiary/aromatic N) is 1. The second-order valence-electron chi connectivity index (χ2n) is 5.97. The summed E-state index contributed by atoms with van der Waals surface area (Å²) in [5.74, 6) is -0.215. The maximum Gasteiger partial charge on any atom is 0.151 e. The molecule has 0 aliphatic rings. The summed E-state index contributed by atoms with van der Waals surface area (Å²) >= 11 is 0. The van der Waals surface area contributed by atoms with Crippen LogP contribution in [0.5, 0.6) is 0 Å². The summed E-state index contributed by atoms with van der Waals surface area (Å²) in [5, 5.41) is 8.46. The summed E-state index contributed by atoms with van der Waals surface area (Å²) < 4.78 is 16.4. The van der Waals surface area contributed by atoms with Gasteiger partial charge in [0.05, 0.1) is 16.7 Å². The summed E-state index contributed by atoms with van der Waals surface area (Å²) in [6.07, 6.45) is 1.96. The standard InChI is InChI=1S/C18H24FN3/c1-11(2)20-17-15(8-7-12(3)16(17)19)21-14(5)18-13(4)9-10-22(18)6/h7-11,20-21H,4H2,1-3,5-6H3/b18-14-. The van der Waals surface area contributed by atoms with Crippen molar-refractivity contribution in [1.29, 1.82) is 0 Å². The van der Waals surface area contributed by atoms with Crippen molar-refractivity contribution < 1.29 is 4.39 Å². The minimum atomic E-state index is -0.215. The molecule has 0 spiro atoms. The topological polar surface area (TPSA) is 29.0 Å². The number of nitrogens with one attached hydrogen (secondary N) is 2. The van der Waals surface area contributed by atoms with E-state index in [4.69, 9.17) is 0 Å². The molecule has 0 fully saturated rings. The minimum Gasteiger partial charge on any atom is -0.379 e. The minimum absolute atomic E-state index is 0.149. The predicted octanol–water partition coefficient (Wildman–Crippen LogP) is 2.94. The summed E-state index contributed by atoms with van der Waals surface area (Å²) in [5.41, 5.74) is 2.81. The third-order valence-electron chi connectivity index (χ3n) is 3.60. The fourth-order valence-electron chi connectivity index (χ4n) is 2.56. The molecule has 118 valence electrons. The summed E-state index contributed by atoms with van der Waals surface area (Å²) in [6.45, 7) is 11.8. The molecule has 22 heavy (non-hydrogen) atoms. The van der Waals surface area contributed by atoms with Crippen LogP contribution in [-0.4, -0.2) is 10.6 Å². The van der Waals surface area contributed by atoms with E-state index in [0.29, 0.717) is 11.3 Å². The van der Waals surface area contributed by atoms with E-state index in [2.05, 4.69) is 17.2 Å².